The first-order chi connectivity index (χ1) is 7.66. The van der Waals surface area contributed by atoms with Crippen LogP contribution < -0.4 is 5.32 Å². The molecule has 0 bridgehead atoms. The lowest BCUT2D eigenvalue weighted by atomic mass is 10.6. The van der Waals surface area contributed by atoms with Gasteiger partial charge in [0.15, 0.2) is 11.0 Å². The predicted octanol–water partition coefficient (Wildman–Crippen LogP) is 0.582. The van der Waals surface area contributed by atoms with Gasteiger partial charge in [-0.05, 0) is 0 Å². The molecule has 0 saturated heterocycles. The summed E-state index contributed by atoms with van der Waals surface area (Å²) < 4.78 is 1.78. The first-order valence-corrected chi connectivity index (χ1v) is 5.24. The number of aromatic nitrogens is 4. The van der Waals surface area contributed by atoms with Gasteiger partial charge in [-0.2, -0.15) is 0 Å². The average Bonchev–Trinajstić information content (AvgIpc) is 2.83. The Kier molecular flexibility index (Phi) is 2.82. The first kappa shape index (κ1) is 10.6. The van der Waals surface area contributed by atoms with Crippen LogP contribution in [-0.2, 0) is 13.6 Å². The van der Waals surface area contributed by atoms with Crippen LogP contribution in [0.3, 0.4) is 0 Å². The number of hydrogen-bond donors (Lipinski definition) is 2. The molecule has 0 aromatic carbocycles. The Morgan fingerprint density at radius 3 is 3.06 bits per heavy atom. The molecule has 0 saturated carbocycles. The molecular weight excluding hydrogens is 230 g/mol. The SMILES string of the molecule is Cn1cnnc1CNc1ncc(C(=O)O)s1. The lowest BCUT2D eigenvalue weighted by molar-refractivity contribution is 0.0702. The van der Waals surface area contributed by atoms with Gasteiger partial charge in [0.05, 0.1) is 12.7 Å². The van der Waals surface area contributed by atoms with E-state index < -0.39 is 5.97 Å². The van der Waals surface area contributed by atoms with Crippen molar-refractivity contribution in [2.75, 3.05) is 5.32 Å². The minimum absolute atomic E-state index is 0.209. The van der Waals surface area contributed by atoms with Crippen LogP contribution in [0.1, 0.15) is 15.5 Å². The third-order valence-corrected chi connectivity index (χ3v) is 2.86. The highest BCUT2D eigenvalue weighted by Crippen LogP contribution is 2.18. The van der Waals surface area contributed by atoms with Crippen LogP contribution in [-0.4, -0.2) is 30.8 Å². The van der Waals surface area contributed by atoms with Gasteiger partial charge in [-0.3, -0.25) is 0 Å². The summed E-state index contributed by atoms with van der Waals surface area (Å²) in [6, 6.07) is 0. The molecule has 0 aliphatic heterocycles. The van der Waals surface area contributed by atoms with Crippen LogP contribution in [0.2, 0.25) is 0 Å². The van der Waals surface area contributed by atoms with Gasteiger partial charge in [-0.1, -0.05) is 11.3 Å². The van der Waals surface area contributed by atoms with Crippen molar-refractivity contribution >= 4 is 22.4 Å². The molecule has 7 nitrogen and oxygen atoms in total. The number of aryl methyl sites for hydroxylation is 1. The second kappa shape index (κ2) is 4.27. The van der Waals surface area contributed by atoms with Crippen molar-refractivity contribution in [1.29, 1.82) is 0 Å². The average molecular weight is 239 g/mol. The van der Waals surface area contributed by atoms with Crippen LogP contribution in [0, 0.1) is 0 Å². The molecule has 0 unspecified atom stereocenters. The van der Waals surface area contributed by atoms with E-state index in [-0.39, 0.29) is 4.88 Å². The number of hydrogen-bond acceptors (Lipinski definition) is 6. The molecule has 2 aromatic rings. The van der Waals surface area contributed by atoms with Gasteiger partial charge in [-0.25, -0.2) is 9.78 Å². The van der Waals surface area contributed by atoms with Gasteiger partial charge in [0, 0.05) is 7.05 Å². The summed E-state index contributed by atoms with van der Waals surface area (Å²) >= 11 is 1.09. The third kappa shape index (κ3) is 2.16. The largest absolute Gasteiger partial charge is 0.477 e. The maximum Gasteiger partial charge on any atom is 0.347 e. The highest BCUT2D eigenvalue weighted by molar-refractivity contribution is 7.17. The topological polar surface area (TPSA) is 92.9 Å². The van der Waals surface area contributed by atoms with E-state index in [1.54, 1.807) is 10.9 Å². The number of nitrogens with one attached hydrogen (secondary N) is 1. The molecule has 0 radical (unpaired) electrons. The van der Waals surface area contributed by atoms with Crippen LogP contribution in [0.15, 0.2) is 12.5 Å². The lowest BCUT2D eigenvalue weighted by Crippen LogP contribution is -2.05. The maximum atomic E-state index is 10.6. The van der Waals surface area contributed by atoms with Crippen molar-refractivity contribution in [2.45, 2.75) is 6.54 Å². The first-order valence-electron chi connectivity index (χ1n) is 4.42. The van der Waals surface area contributed by atoms with E-state index in [1.807, 2.05) is 7.05 Å². The minimum atomic E-state index is -0.968. The molecule has 8 heteroatoms. The smallest absolute Gasteiger partial charge is 0.347 e. The fourth-order valence-corrected chi connectivity index (χ4v) is 1.73. The van der Waals surface area contributed by atoms with Crippen molar-refractivity contribution in [1.82, 2.24) is 19.7 Å². The van der Waals surface area contributed by atoms with Gasteiger partial charge < -0.3 is 15.0 Å². The summed E-state index contributed by atoms with van der Waals surface area (Å²) in [6.07, 6.45) is 2.92. The quantitative estimate of drug-likeness (QED) is 0.810. The van der Waals surface area contributed by atoms with Crippen molar-refractivity contribution < 1.29 is 9.90 Å². The molecule has 0 fully saturated rings. The molecule has 0 spiro atoms. The number of carboxylic acids is 1. The highest BCUT2D eigenvalue weighted by atomic mass is 32.1. The van der Waals surface area contributed by atoms with Crippen LogP contribution in [0.25, 0.3) is 0 Å². The second-order valence-electron chi connectivity index (χ2n) is 3.05. The molecule has 2 rings (SSSR count). The Balaban J connectivity index is 2.00. The fourth-order valence-electron chi connectivity index (χ4n) is 1.08. The second-order valence-corrected chi connectivity index (χ2v) is 4.08. The molecular formula is C8H9N5O2S. The zero-order valence-electron chi connectivity index (χ0n) is 8.41. The molecule has 0 aliphatic rings. The van der Waals surface area contributed by atoms with E-state index in [2.05, 4.69) is 20.5 Å². The number of rotatable bonds is 4. The molecule has 16 heavy (non-hydrogen) atoms. The number of nitrogens with zero attached hydrogens (tertiary/aromatic N) is 4. The van der Waals surface area contributed by atoms with E-state index in [0.29, 0.717) is 11.7 Å². The Morgan fingerprint density at radius 2 is 2.50 bits per heavy atom. The summed E-state index contributed by atoms with van der Waals surface area (Å²) in [6.45, 7) is 0.461. The molecule has 0 aliphatic carbocycles. The highest BCUT2D eigenvalue weighted by Gasteiger charge is 2.08. The monoisotopic (exact) mass is 239 g/mol. The fraction of sp³-hybridized carbons (Fsp3) is 0.250. The van der Waals surface area contributed by atoms with E-state index in [9.17, 15) is 4.79 Å². The van der Waals surface area contributed by atoms with Crippen LogP contribution >= 0.6 is 11.3 Å². The number of aromatic carboxylic acids is 1. The normalized spacial score (nSPS) is 10.3. The molecule has 2 aromatic heterocycles. The number of carbonyl (C=O) groups is 1. The summed E-state index contributed by atoms with van der Waals surface area (Å²) in [4.78, 5) is 14.8. The van der Waals surface area contributed by atoms with E-state index in [4.69, 9.17) is 5.11 Å². The summed E-state index contributed by atoms with van der Waals surface area (Å²) in [7, 11) is 1.83. The van der Waals surface area contributed by atoms with Gasteiger partial charge in [0.25, 0.3) is 0 Å². The van der Waals surface area contributed by atoms with Gasteiger partial charge in [0.2, 0.25) is 0 Å². The Labute approximate surface area is 94.8 Å². The molecule has 2 N–H and O–H groups in total. The Morgan fingerprint density at radius 1 is 1.69 bits per heavy atom. The van der Waals surface area contributed by atoms with Crippen molar-refractivity contribution in [2.24, 2.45) is 7.05 Å². The van der Waals surface area contributed by atoms with Crippen molar-refractivity contribution in [3.05, 3.63) is 23.2 Å². The van der Waals surface area contributed by atoms with E-state index in [1.165, 1.54) is 6.20 Å². The van der Waals surface area contributed by atoms with Gasteiger partial charge >= 0.3 is 5.97 Å². The third-order valence-electron chi connectivity index (χ3n) is 1.92. The van der Waals surface area contributed by atoms with Crippen molar-refractivity contribution in [3.8, 4) is 0 Å². The number of carboxylic acid groups (broad SMARTS) is 1. The van der Waals surface area contributed by atoms with Crippen LogP contribution in [0.4, 0.5) is 5.13 Å². The molecule has 84 valence electrons. The zero-order chi connectivity index (χ0) is 11.5. The molecule has 0 amide bonds. The Bertz CT molecular complexity index is 506. The molecule has 0 atom stereocenters. The Hall–Kier alpha value is -1.96. The standard InChI is InChI=1S/C8H9N5O2S/c1-13-4-11-12-6(13)3-10-8-9-2-5(16-8)7(14)15/h2,4H,3H2,1H3,(H,9,10)(H,14,15). The van der Waals surface area contributed by atoms with Crippen molar-refractivity contribution in [3.63, 3.8) is 0 Å². The molecule has 2 heterocycles. The lowest BCUT2D eigenvalue weighted by Gasteiger charge is -2.00. The van der Waals surface area contributed by atoms with Crippen LogP contribution in [0.5, 0.6) is 0 Å². The zero-order valence-corrected chi connectivity index (χ0v) is 9.23. The predicted molar refractivity (Wildman–Crippen MR) is 57.4 cm³/mol. The minimum Gasteiger partial charge on any atom is -0.477 e. The number of thiazole rings is 1. The van der Waals surface area contributed by atoms with E-state index in [0.717, 1.165) is 17.2 Å². The van der Waals surface area contributed by atoms with Gasteiger partial charge in [0.1, 0.15) is 11.2 Å². The summed E-state index contributed by atoms with van der Waals surface area (Å²) in [5.74, 6) is -0.212. The number of anilines is 1. The maximum absolute atomic E-state index is 10.6. The van der Waals surface area contributed by atoms with E-state index >= 15 is 0 Å². The van der Waals surface area contributed by atoms with Gasteiger partial charge in [-0.15, -0.1) is 10.2 Å². The summed E-state index contributed by atoms with van der Waals surface area (Å²) in [5, 5.41) is 19.9. The summed E-state index contributed by atoms with van der Waals surface area (Å²) in [5.41, 5.74) is 0.